The number of pyridine rings is 1. The van der Waals surface area contributed by atoms with Gasteiger partial charge in [0.1, 0.15) is 11.4 Å². The second kappa shape index (κ2) is 5.21. The zero-order chi connectivity index (χ0) is 13.1. The van der Waals surface area contributed by atoms with Crippen LogP contribution in [0, 0.1) is 3.57 Å². The van der Waals surface area contributed by atoms with Crippen molar-refractivity contribution in [3.63, 3.8) is 0 Å². The first-order valence-corrected chi connectivity index (χ1v) is 6.14. The van der Waals surface area contributed by atoms with Crippen molar-refractivity contribution in [2.75, 3.05) is 5.73 Å². The summed E-state index contributed by atoms with van der Waals surface area (Å²) >= 11 is 2.19. The van der Waals surface area contributed by atoms with E-state index in [4.69, 9.17) is 16.2 Å². The fraction of sp³-hybridized carbons (Fsp3) is 0. The number of nitrogens with two attached hydrogens (primary N) is 2. The predicted molar refractivity (Wildman–Crippen MR) is 76.4 cm³/mol. The molecule has 0 aliphatic heterocycles. The van der Waals surface area contributed by atoms with E-state index in [1.807, 2.05) is 12.1 Å². The highest BCUT2D eigenvalue weighted by atomic mass is 127. The molecule has 0 spiro atoms. The molecule has 92 valence electrons. The Morgan fingerprint density at radius 3 is 2.44 bits per heavy atom. The number of benzene rings is 1. The molecule has 0 saturated carbocycles. The second-order valence-electron chi connectivity index (χ2n) is 3.51. The van der Waals surface area contributed by atoms with E-state index in [1.165, 1.54) is 12.1 Å². The number of ether oxygens (including phenoxy) is 1. The number of nitrogens with zero attached hydrogens (tertiary/aromatic N) is 1. The molecule has 0 saturated heterocycles. The monoisotopic (exact) mass is 355 g/mol. The van der Waals surface area contributed by atoms with Gasteiger partial charge in [0.25, 0.3) is 5.91 Å². The van der Waals surface area contributed by atoms with Crippen molar-refractivity contribution in [3.05, 3.63) is 45.7 Å². The van der Waals surface area contributed by atoms with Gasteiger partial charge in [-0.05, 0) is 59.0 Å². The van der Waals surface area contributed by atoms with Crippen LogP contribution in [0.5, 0.6) is 11.6 Å². The summed E-state index contributed by atoms with van der Waals surface area (Å²) in [5, 5.41) is 0. The van der Waals surface area contributed by atoms with E-state index in [-0.39, 0.29) is 11.6 Å². The summed E-state index contributed by atoms with van der Waals surface area (Å²) in [5.74, 6) is 0.145. The Morgan fingerprint density at radius 2 is 1.83 bits per heavy atom. The number of carbonyl (C=O) groups is 1. The minimum absolute atomic E-state index is 0.115. The molecular formula is C12H10IN3O2. The van der Waals surface area contributed by atoms with Crippen LogP contribution in [0.2, 0.25) is 0 Å². The minimum atomic E-state index is -0.623. The van der Waals surface area contributed by atoms with Gasteiger partial charge in [-0.15, -0.1) is 0 Å². The van der Waals surface area contributed by atoms with Gasteiger partial charge in [0.15, 0.2) is 0 Å². The average Bonchev–Trinajstić information content (AvgIpc) is 2.34. The van der Waals surface area contributed by atoms with Gasteiger partial charge in [0.05, 0.1) is 5.69 Å². The van der Waals surface area contributed by atoms with Gasteiger partial charge in [0.2, 0.25) is 5.88 Å². The van der Waals surface area contributed by atoms with Crippen LogP contribution in [-0.2, 0) is 0 Å². The number of halogens is 1. The van der Waals surface area contributed by atoms with Crippen molar-refractivity contribution in [1.82, 2.24) is 4.98 Å². The number of amides is 1. The Balaban J connectivity index is 2.30. The number of aromatic nitrogens is 1. The van der Waals surface area contributed by atoms with Gasteiger partial charge in [-0.1, -0.05) is 0 Å². The maximum Gasteiger partial charge on any atom is 0.267 e. The number of carbonyl (C=O) groups excluding carboxylic acids is 1. The van der Waals surface area contributed by atoms with E-state index in [1.54, 1.807) is 12.1 Å². The van der Waals surface area contributed by atoms with Crippen molar-refractivity contribution in [2.45, 2.75) is 0 Å². The molecule has 2 aromatic rings. The van der Waals surface area contributed by atoms with E-state index >= 15 is 0 Å². The summed E-state index contributed by atoms with van der Waals surface area (Å²) in [6, 6.07) is 10.4. The lowest BCUT2D eigenvalue weighted by Gasteiger charge is -2.08. The lowest BCUT2D eigenvalue weighted by Crippen LogP contribution is -2.13. The topological polar surface area (TPSA) is 91.2 Å². The Kier molecular flexibility index (Phi) is 3.66. The summed E-state index contributed by atoms with van der Waals surface area (Å²) in [6.45, 7) is 0. The fourth-order valence-electron chi connectivity index (χ4n) is 1.28. The van der Waals surface area contributed by atoms with Crippen molar-refractivity contribution in [2.24, 2.45) is 5.73 Å². The van der Waals surface area contributed by atoms with E-state index in [0.717, 1.165) is 3.57 Å². The standard InChI is InChI=1S/C12H10IN3O2/c13-7-1-3-8(4-2-7)18-12-9(14)5-6-10(16-12)11(15)17/h1-6H,14H2,(H2,15,17). The Bertz CT molecular complexity index is 584. The van der Waals surface area contributed by atoms with Gasteiger partial charge < -0.3 is 16.2 Å². The first-order chi connectivity index (χ1) is 8.56. The molecule has 0 aliphatic rings. The summed E-state index contributed by atoms with van der Waals surface area (Å²) in [6.07, 6.45) is 0. The SMILES string of the molecule is NC(=O)c1ccc(N)c(Oc2ccc(I)cc2)n1. The van der Waals surface area contributed by atoms with Crippen molar-refractivity contribution in [1.29, 1.82) is 0 Å². The molecule has 0 aliphatic carbocycles. The lowest BCUT2D eigenvalue weighted by atomic mass is 10.3. The third-order valence-electron chi connectivity index (χ3n) is 2.17. The van der Waals surface area contributed by atoms with Crippen LogP contribution >= 0.6 is 22.6 Å². The van der Waals surface area contributed by atoms with Gasteiger partial charge in [0, 0.05) is 3.57 Å². The molecule has 2 rings (SSSR count). The van der Waals surface area contributed by atoms with Gasteiger partial charge in [-0.2, -0.15) is 0 Å². The number of primary amides is 1. The average molecular weight is 355 g/mol. The smallest absolute Gasteiger partial charge is 0.267 e. The van der Waals surface area contributed by atoms with Crippen molar-refractivity contribution >= 4 is 34.2 Å². The van der Waals surface area contributed by atoms with Crippen molar-refractivity contribution in [3.8, 4) is 11.6 Å². The zero-order valence-corrected chi connectivity index (χ0v) is 11.4. The molecule has 5 nitrogen and oxygen atoms in total. The van der Waals surface area contributed by atoms with Crippen LogP contribution < -0.4 is 16.2 Å². The summed E-state index contributed by atoms with van der Waals surface area (Å²) in [7, 11) is 0. The maximum absolute atomic E-state index is 11.0. The Morgan fingerprint density at radius 1 is 1.17 bits per heavy atom. The van der Waals surface area contributed by atoms with Crippen LogP contribution in [0.3, 0.4) is 0 Å². The van der Waals surface area contributed by atoms with Crippen LogP contribution in [-0.4, -0.2) is 10.9 Å². The third-order valence-corrected chi connectivity index (χ3v) is 2.89. The Labute approximate surface area is 117 Å². The highest BCUT2D eigenvalue weighted by Crippen LogP contribution is 2.25. The molecule has 0 fully saturated rings. The van der Waals surface area contributed by atoms with Gasteiger partial charge in [-0.3, -0.25) is 4.79 Å². The lowest BCUT2D eigenvalue weighted by molar-refractivity contribution is 0.0995. The Hall–Kier alpha value is -1.83. The molecule has 1 heterocycles. The molecule has 1 aromatic carbocycles. The first kappa shape index (κ1) is 12.6. The van der Waals surface area contributed by atoms with E-state index in [2.05, 4.69) is 27.6 Å². The van der Waals surface area contributed by atoms with E-state index in [9.17, 15) is 4.79 Å². The highest BCUT2D eigenvalue weighted by molar-refractivity contribution is 14.1. The number of hydrogen-bond acceptors (Lipinski definition) is 4. The van der Waals surface area contributed by atoms with Gasteiger partial charge >= 0.3 is 0 Å². The molecule has 1 amide bonds. The zero-order valence-electron chi connectivity index (χ0n) is 9.26. The summed E-state index contributed by atoms with van der Waals surface area (Å²) < 4.78 is 6.60. The van der Waals surface area contributed by atoms with Crippen LogP contribution in [0.1, 0.15) is 10.5 Å². The van der Waals surface area contributed by atoms with E-state index < -0.39 is 5.91 Å². The number of hydrogen-bond donors (Lipinski definition) is 2. The molecule has 0 bridgehead atoms. The minimum Gasteiger partial charge on any atom is -0.437 e. The summed E-state index contributed by atoms with van der Waals surface area (Å²) in [5.41, 5.74) is 11.3. The van der Waals surface area contributed by atoms with E-state index in [0.29, 0.717) is 11.4 Å². The molecule has 4 N–H and O–H groups in total. The molecule has 0 radical (unpaired) electrons. The molecular weight excluding hydrogens is 345 g/mol. The fourth-order valence-corrected chi connectivity index (χ4v) is 1.64. The number of anilines is 1. The quantitative estimate of drug-likeness (QED) is 0.826. The third kappa shape index (κ3) is 2.89. The second-order valence-corrected chi connectivity index (χ2v) is 4.76. The van der Waals surface area contributed by atoms with Crippen LogP contribution in [0.15, 0.2) is 36.4 Å². The van der Waals surface area contributed by atoms with Gasteiger partial charge in [-0.25, -0.2) is 4.98 Å². The molecule has 6 heteroatoms. The molecule has 0 atom stereocenters. The summed E-state index contributed by atoms with van der Waals surface area (Å²) in [4.78, 5) is 15.0. The van der Waals surface area contributed by atoms with Crippen LogP contribution in [0.25, 0.3) is 0 Å². The highest BCUT2D eigenvalue weighted by Gasteiger charge is 2.09. The predicted octanol–water partition coefficient (Wildman–Crippen LogP) is 2.16. The molecule has 18 heavy (non-hydrogen) atoms. The number of rotatable bonds is 3. The molecule has 1 aromatic heterocycles. The van der Waals surface area contributed by atoms with Crippen molar-refractivity contribution < 1.29 is 9.53 Å². The normalized spacial score (nSPS) is 10.1. The number of nitrogen functional groups attached to an aromatic ring is 1. The first-order valence-electron chi connectivity index (χ1n) is 5.06. The molecule has 0 unspecified atom stereocenters. The van der Waals surface area contributed by atoms with Crippen LogP contribution in [0.4, 0.5) is 5.69 Å². The maximum atomic E-state index is 11.0. The largest absolute Gasteiger partial charge is 0.437 e.